The molecule has 2 aromatic rings. The number of pyridine rings is 1. The number of hydrogen-bond donors (Lipinski definition) is 1. The molecule has 0 amide bonds. The number of carbonyl (C=O) groups excluding carboxylic acids is 1. The van der Waals surface area contributed by atoms with Gasteiger partial charge in [-0.15, -0.1) is 0 Å². The van der Waals surface area contributed by atoms with E-state index >= 15 is 0 Å². The molecule has 0 radical (unpaired) electrons. The van der Waals surface area contributed by atoms with Crippen molar-refractivity contribution in [2.75, 3.05) is 5.75 Å². The summed E-state index contributed by atoms with van der Waals surface area (Å²) in [7, 11) is -3.68. The van der Waals surface area contributed by atoms with Crippen LogP contribution < -0.4 is 5.73 Å². The fourth-order valence-corrected chi connectivity index (χ4v) is 5.73. The quantitative estimate of drug-likeness (QED) is 0.733. The van der Waals surface area contributed by atoms with Gasteiger partial charge in [0, 0.05) is 18.2 Å². The van der Waals surface area contributed by atoms with E-state index in [0.717, 1.165) is 5.56 Å². The van der Waals surface area contributed by atoms with E-state index in [1.54, 1.807) is 39.1 Å². The first-order chi connectivity index (χ1) is 13.9. The zero-order valence-electron chi connectivity index (χ0n) is 17.6. The number of halogens is 1. The number of aromatic nitrogens is 1. The molecule has 6 nitrogen and oxygen atoms in total. The highest BCUT2D eigenvalue weighted by atomic mass is 32.2. The lowest BCUT2D eigenvalue weighted by molar-refractivity contribution is 0.0988. The molecule has 1 aromatic heterocycles. The van der Waals surface area contributed by atoms with Gasteiger partial charge in [0.15, 0.2) is 15.6 Å². The maximum atomic E-state index is 14.8. The van der Waals surface area contributed by atoms with Crippen molar-refractivity contribution < 1.29 is 17.6 Å². The van der Waals surface area contributed by atoms with E-state index in [4.69, 9.17) is 5.73 Å². The van der Waals surface area contributed by atoms with Crippen molar-refractivity contribution in [1.29, 1.82) is 0 Å². The maximum Gasteiger partial charge on any atom is 0.185 e. The largest absolute Gasteiger partial charge is 0.386 e. The number of aryl methyl sites for hydroxylation is 1. The average molecular weight is 432 g/mol. The number of benzene rings is 1. The fraction of sp³-hybridized carbons (Fsp3) is 0.409. The summed E-state index contributed by atoms with van der Waals surface area (Å²) < 4.78 is 39.4. The lowest BCUT2D eigenvalue weighted by atomic mass is 9.90. The number of carbonyl (C=O) groups is 1. The molecule has 0 fully saturated rings. The highest BCUT2D eigenvalue weighted by Gasteiger charge is 2.51. The summed E-state index contributed by atoms with van der Waals surface area (Å²) in [5.41, 5.74) is 6.60. The summed E-state index contributed by atoms with van der Waals surface area (Å²) in [6, 6.07) is 7.69. The van der Waals surface area contributed by atoms with Gasteiger partial charge in [-0.1, -0.05) is 19.1 Å². The lowest BCUT2D eigenvalue weighted by Crippen LogP contribution is -2.56. The Morgan fingerprint density at radius 1 is 1.23 bits per heavy atom. The topological polar surface area (TPSA) is 102 Å². The van der Waals surface area contributed by atoms with Crippen LogP contribution in [-0.4, -0.2) is 35.5 Å². The summed E-state index contributed by atoms with van der Waals surface area (Å²) in [6.45, 7) is 6.70. The number of sulfone groups is 1. The zero-order chi connectivity index (χ0) is 22.3. The standard InChI is InChI=1S/C22H26FN3O3S/c1-5-22(4)20(24)26-21(3,13-30(22,28)29)16-10-15(7-8-17(16)23)11-19(27)18-9-6-14(2)12-25-18/h6-10,12H,5,11,13H2,1-4H3,(H2,24,26)/t21-,22+/m0/s1. The third-order valence-corrected chi connectivity index (χ3v) is 8.73. The van der Waals surface area contributed by atoms with Gasteiger partial charge in [-0.05, 0) is 56.5 Å². The molecule has 3 rings (SSSR count). The summed E-state index contributed by atoms with van der Waals surface area (Å²) in [5.74, 6) is -1.19. The Hall–Kier alpha value is -2.61. The minimum Gasteiger partial charge on any atom is -0.386 e. The highest BCUT2D eigenvalue weighted by Crippen LogP contribution is 2.39. The van der Waals surface area contributed by atoms with Crippen LogP contribution >= 0.6 is 0 Å². The predicted molar refractivity (Wildman–Crippen MR) is 115 cm³/mol. The molecule has 1 aliphatic rings. The van der Waals surface area contributed by atoms with Crippen LogP contribution in [0.4, 0.5) is 4.39 Å². The van der Waals surface area contributed by atoms with E-state index in [9.17, 15) is 17.6 Å². The van der Waals surface area contributed by atoms with Gasteiger partial charge in [-0.3, -0.25) is 14.8 Å². The SMILES string of the molecule is CC[C@]1(C)C(N)=N[C@](C)(c2cc(CC(=O)c3ccc(C)cn3)ccc2F)CS1(=O)=O. The van der Waals surface area contributed by atoms with E-state index in [0.29, 0.717) is 11.3 Å². The van der Waals surface area contributed by atoms with E-state index < -0.39 is 25.9 Å². The molecule has 30 heavy (non-hydrogen) atoms. The van der Waals surface area contributed by atoms with Crippen LogP contribution in [-0.2, 0) is 21.8 Å². The minimum absolute atomic E-state index is 0.0119. The smallest absolute Gasteiger partial charge is 0.185 e. The normalized spacial score (nSPS) is 25.6. The molecule has 2 atom stereocenters. The van der Waals surface area contributed by atoms with Crippen molar-refractivity contribution in [1.82, 2.24) is 4.98 Å². The van der Waals surface area contributed by atoms with Crippen molar-refractivity contribution >= 4 is 21.5 Å². The van der Waals surface area contributed by atoms with Crippen LogP contribution in [0.2, 0.25) is 0 Å². The Morgan fingerprint density at radius 3 is 2.50 bits per heavy atom. The molecule has 2 N–H and O–H groups in total. The summed E-state index contributed by atoms with van der Waals surface area (Å²) in [4.78, 5) is 21.1. The van der Waals surface area contributed by atoms with Gasteiger partial charge in [0.1, 0.15) is 27.6 Å². The first-order valence-corrected chi connectivity index (χ1v) is 11.4. The molecule has 0 bridgehead atoms. The molecule has 2 heterocycles. The van der Waals surface area contributed by atoms with Crippen molar-refractivity contribution in [3.05, 3.63) is 64.7 Å². The third kappa shape index (κ3) is 3.76. The number of nitrogens with zero attached hydrogens (tertiary/aromatic N) is 2. The van der Waals surface area contributed by atoms with E-state index in [2.05, 4.69) is 9.98 Å². The van der Waals surface area contributed by atoms with Crippen LogP contribution in [0, 0.1) is 12.7 Å². The van der Waals surface area contributed by atoms with E-state index in [-0.39, 0.29) is 35.8 Å². The van der Waals surface area contributed by atoms with Gasteiger partial charge in [0.25, 0.3) is 0 Å². The summed E-state index contributed by atoms with van der Waals surface area (Å²) >= 11 is 0. The first kappa shape index (κ1) is 22.1. The summed E-state index contributed by atoms with van der Waals surface area (Å²) in [6.07, 6.45) is 1.90. The van der Waals surface area contributed by atoms with Crippen molar-refractivity contribution in [2.45, 2.75) is 50.8 Å². The molecular formula is C22H26FN3O3S. The molecule has 0 saturated carbocycles. The maximum absolute atomic E-state index is 14.8. The van der Waals surface area contributed by atoms with Crippen LogP contribution in [0.25, 0.3) is 0 Å². The number of aliphatic imine (C=N–C) groups is 1. The van der Waals surface area contributed by atoms with Gasteiger partial charge in [-0.25, -0.2) is 12.8 Å². The number of rotatable bonds is 5. The highest BCUT2D eigenvalue weighted by molar-refractivity contribution is 7.93. The van der Waals surface area contributed by atoms with Crippen molar-refractivity contribution in [3.63, 3.8) is 0 Å². The van der Waals surface area contributed by atoms with Gasteiger partial charge in [0.2, 0.25) is 0 Å². The van der Waals surface area contributed by atoms with Crippen molar-refractivity contribution in [2.24, 2.45) is 10.7 Å². The monoisotopic (exact) mass is 431 g/mol. The second-order valence-electron chi connectivity index (χ2n) is 8.25. The number of amidine groups is 1. The van der Waals surface area contributed by atoms with E-state index in [1.807, 2.05) is 6.92 Å². The van der Waals surface area contributed by atoms with Crippen molar-refractivity contribution in [3.8, 4) is 0 Å². The van der Waals surface area contributed by atoms with Crippen LogP contribution in [0.15, 0.2) is 41.5 Å². The Balaban J connectivity index is 1.99. The molecule has 0 spiro atoms. The van der Waals surface area contributed by atoms with Gasteiger partial charge in [-0.2, -0.15) is 0 Å². The van der Waals surface area contributed by atoms with Crippen LogP contribution in [0.5, 0.6) is 0 Å². The zero-order valence-corrected chi connectivity index (χ0v) is 18.4. The Bertz CT molecular complexity index is 1130. The number of Topliss-reactive ketones (excluding diaryl/α,β-unsaturated/α-hetero) is 1. The first-order valence-electron chi connectivity index (χ1n) is 9.75. The Labute approximate surface area is 176 Å². The second-order valence-corrected chi connectivity index (χ2v) is 10.7. The lowest BCUT2D eigenvalue weighted by Gasteiger charge is -2.39. The van der Waals surface area contributed by atoms with Gasteiger partial charge in [0.05, 0.1) is 5.75 Å². The van der Waals surface area contributed by atoms with Crippen LogP contribution in [0.3, 0.4) is 0 Å². The molecular weight excluding hydrogens is 405 g/mol. The molecule has 0 saturated heterocycles. The molecule has 160 valence electrons. The van der Waals surface area contributed by atoms with Gasteiger partial charge >= 0.3 is 0 Å². The molecule has 8 heteroatoms. The minimum atomic E-state index is -3.68. The number of nitrogens with two attached hydrogens (primary N) is 1. The number of ketones is 1. The Morgan fingerprint density at radius 2 is 1.93 bits per heavy atom. The third-order valence-electron chi connectivity index (χ3n) is 5.91. The van der Waals surface area contributed by atoms with Crippen LogP contribution in [0.1, 0.15) is 54.4 Å². The van der Waals surface area contributed by atoms with Gasteiger partial charge < -0.3 is 5.73 Å². The summed E-state index contributed by atoms with van der Waals surface area (Å²) in [5, 5.41) is 0. The predicted octanol–water partition coefficient (Wildman–Crippen LogP) is 3.12. The average Bonchev–Trinajstić information content (AvgIpc) is 2.67. The number of hydrogen-bond acceptors (Lipinski definition) is 6. The molecule has 1 aliphatic heterocycles. The molecule has 1 aromatic carbocycles. The Kier molecular flexibility index (Phi) is 5.58. The molecule has 0 aliphatic carbocycles. The second kappa shape index (κ2) is 7.58. The molecule has 0 unspecified atom stereocenters. The van der Waals surface area contributed by atoms with E-state index in [1.165, 1.54) is 18.2 Å². The fourth-order valence-electron chi connectivity index (χ4n) is 3.65.